The van der Waals surface area contributed by atoms with Gasteiger partial charge < -0.3 is 5.32 Å². The van der Waals surface area contributed by atoms with Gasteiger partial charge >= 0.3 is 0 Å². The number of benzene rings is 1. The van der Waals surface area contributed by atoms with Gasteiger partial charge in [-0.15, -0.1) is 11.3 Å². The van der Waals surface area contributed by atoms with Crippen LogP contribution in [0.4, 0.5) is 5.69 Å². The zero-order valence-electron chi connectivity index (χ0n) is 11.8. The number of aryl methyl sites for hydroxylation is 1. The maximum absolute atomic E-state index is 12.3. The van der Waals surface area contributed by atoms with Crippen LogP contribution in [0.3, 0.4) is 0 Å². The van der Waals surface area contributed by atoms with Crippen molar-refractivity contribution in [2.45, 2.75) is 24.6 Å². The van der Waals surface area contributed by atoms with Crippen molar-refractivity contribution in [3.05, 3.63) is 45.8 Å². The van der Waals surface area contributed by atoms with Crippen molar-refractivity contribution in [2.24, 2.45) is 0 Å². The minimum Gasteiger partial charge on any atom is -0.313 e. The molecule has 7 heteroatoms. The average molecular weight is 345 g/mol. The van der Waals surface area contributed by atoms with E-state index in [1.807, 2.05) is 25.3 Å². The van der Waals surface area contributed by atoms with E-state index in [1.54, 1.807) is 18.2 Å². The Hall–Kier alpha value is -1.08. The molecule has 114 valence electrons. The van der Waals surface area contributed by atoms with Crippen molar-refractivity contribution in [2.75, 3.05) is 11.3 Å². The highest BCUT2D eigenvalue weighted by atomic mass is 35.5. The van der Waals surface area contributed by atoms with E-state index in [0.29, 0.717) is 17.3 Å². The van der Waals surface area contributed by atoms with Gasteiger partial charge in [-0.25, -0.2) is 8.42 Å². The molecule has 2 N–H and O–H groups in total. The van der Waals surface area contributed by atoms with Crippen molar-refractivity contribution >= 4 is 38.6 Å². The molecule has 4 nitrogen and oxygen atoms in total. The number of sulfonamides is 1. The molecule has 0 unspecified atom stereocenters. The number of hydrogen-bond acceptors (Lipinski definition) is 4. The Labute approximate surface area is 134 Å². The lowest BCUT2D eigenvalue weighted by molar-refractivity contribution is 0.603. The van der Waals surface area contributed by atoms with Gasteiger partial charge in [0.25, 0.3) is 10.0 Å². The molecule has 0 saturated heterocycles. The van der Waals surface area contributed by atoms with E-state index >= 15 is 0 Å². The first kappa shape index (κ1) is 16.3. The molecule has 2 rings (SSSR count). The van der Waals surface area contributed by atoms with Gasteiger partial charge in [-0.05, 0) is 48.2 Å². The zero-order chi connectivity index (χ0) is 15.5. The normalized spacial score (nSPS) is 11.6. The predicted molar refractivity (Wildman–Crippen MR) is 88.7 cm³/mol. The molecule has 0 bridgehead atoms. The van der Waals surface area contributed by atoms with Crippen LogP contribution in [0.15, 0.2) is 33.9 Å². The number of nitrogens with one attached hydrogen (secondary N) is 2. The fraction of sp³-hybridized carbons (Fsp3) is 0.286. The summed E-state index contributed by atoms with van der Waals surface area (Å²) < 4.78 is 27.5. The molecule has 21 heavy (non-hydrogen) atoms. The summed E-state index contributed by atoms with van der Waals surface area (Å²) in [7, 11) is -3.60. The highest BCUT2D eigenvalue weighted by Gasteiger charge is 2.18. The molecular formula is C14H17ClN2O2S2. The second-order valence-corrected chi connectivity index (χ2v) is 7.87. The molecule has 0 spiro atoms. The van der Waals surface area contributed by atoms with Crippen LogP contribution in [-0.2, 0) is 16.6 Å². The van der Waals surface area contributed by atoms with Crippen LogP contribution >= 0.6 is 22.9 Å². The molecule has 2 aromatic rings. The highest BCUT2D eigenvalue weighted by Crippen LogP contribution is 2.27. The second-order valence-electron chi connectivity index (χ2n) is 4.64. The summed E-state index contributed by atoms with van der Waals surface area (Å²) in [5.74, 6) is 0. The third kappa shape index (κ3) is 4.20. The number of hydrogen-bond donors (Lipinski definition) is 2. The van der Waals surface area contributed by atoms with Crippen LogP contribution in [0, 0.1) is 6.92 Å². The molecule has 0 aliphatic rings. The van der Waals surface area contributed by atoms with Gasteiger partial charge in [-0.3, -0.25) is 4.72 Å². The first-order valence-corrected chi connectivity index (χ1v) is 9.23. The molecule has 1 heterocycles. The van der Waals surface area contributed by atoms with E-state index in [9.17, 15) is 8.42 Å². The fourth-order valence-corrected chi connectivity index (χ4v) is 4.38. The van der Waals surface area contributed by atoms with Crippen LogP contribution in [0.5, 0.6) is 0 Å². The number of rotatable bonds is 6. The van der Waals surface area contributed by atoms with Crippen molar-refractivity contribution in [1.82, 2.24) is 5.32 Å². The molecular weight excluding hydrogens is 328 g/mol. The van der Waals surface area contributed by atoms with Crippen molar-refractivity contribution in [1.29, 1.82) is 0 Å². The Kier molecular flexibility index (Phi) is 5.27. The maximum atomic E-state index is 12.3. The Morgan fingerprint density at radius 2 is 2.05 bits per heavy atom. The number of halogens is 1. The monoisotopic (exact) mass is 344 g/mol. The molecule has 0 aliphatic carbocycles. The average Bonchev–Trinajstić information content (AvgIpc) is 2.89. The lowest BCUT2D eigenvalue weighted by Crippen LogP contribution is -2.13. The van der Waals surface area contributed by atoms with E-state index in [4.69, 9.17) is 11.6 Å². The molecule has 0 radical (unpaired) electrons. The van der Waals surface area contributed by atoms with Crippen molar-refractivity contribution in [3.8, 4) is 0 Å². The van der Waals surface area contributed by atoms with Crippen molar-refractivity contribution < 1.29 is 8.42 Å². The lowest BCUT2D eigenvalue weighted by Gasteiger charge is -2.08. The first-order chi connectivity index (χ1) is 9.92. The van der Waals surface area contributed by atoms with E-state index in [-0.39, 0.29) is 4.21 Å². The quantitative estimate of drug-likeness (QED) is 0.841. The third-order valence-electron chi connectivity index (χ3n) is 2.84. The minimum atomic E-state index is -3.60. The summed E-state index contributed by atoms with van der Waals surface area (Å²) in [5.41, 5.74) is 2.33. The summed E-state index contributed by atoms with van der Waals surface area (Å²) in [6, 6.07) is 6.89. The van der Waals surface area contributed by atoms with Gasteiger partial charge in [0.05, 0.1) is 10.7 Å². The topological polar surface area (TPSA) is 58.2 Å². The molecule has 0 amide bonds. The van der Waals surface area contributed by atoms with Gasteiger partial charge in [0, 0.05) is 6.54 Å². The summed E-state index contributed by atoms with van der Waals surface area (Å²) in [6.07, 6.45) is 0. The second kappa shape index (κ2) is 6.79. The first-order valence-electron chi connectivity index (χ1n) is 6.49. The molecule has 0 atom stereocenters. The van der Waals surface area contributed by atoms with Gasteiger partial charge in [0.15, 0.2) is 0 Å². The van der Waals surface area contributed by atoms with Crippen LogP contribution in [-0.4, -0.2) is 15.0 Å². The molecule has 1 aromatic heterocycles. The van der Waals surface area contributed by atoms with Crippen LogP contribution in [0.2, 0.25) is 5.02 Å². The van der Waals surface area contributed by atoms with E-state index in [0.717, 1.165) is 17.7 Å². The van der Waals surface area contributed by atoms with Crippen molar-refractivity contribution in [3.63, 3.8) is 0 Å². The third-order valence-corrected chi connectivity index (χ3v) is 6.01. The van der Waals surface area contributed by atoms with Gasteiger partial charge in [0.2, 0.25) is 0 Å². The Bertz CT molecular complexity index is 726. The maximum Gasteiger partial charge on any atom is 0.271 e. The Morgan fingerprint density at radius 3 is 2.71 bits per heavy atom. The van der Waals surface area contributed by atoms with E-state index in [1.165, 1.54) is 11.3 Å². The Morgan fingerprint density at radius 1 is 1.29 bits per heavy atom. The standard InChI is InChI=1S/C14H17ClN2O2S2/c1-3-16-8-11-7-14(20-9-11)21(18,19)17-13-5-4-10(2)6-12(13)15/h4-7,9,16-17H,3,8H2,1-2H3. The smallest absolute Gasteiger partial charge is 0.271 e. The molecule has 0 fully saturated rings. The number of anilines is 1. The number of thiophene rings is 1. The largest absolute Gasteiger partial charge is 0.313 e. The zero-order valence-corrected chi connectivity index (χ0v) is 14.2. The highest BCUT2D eigenvalue weighted by molar-refractivity contribution is 7.94. The minimum absolute atomic E-state index is 0.284. The fourth-order valence-electron chi connectivity index (χ4n) is 1.75. The van der Waals surface area contributed by atoms with Gasteiger partial charge in [-0.2, -0.15) is 0 Å². The van der Waals surface area contributed by atoms with Gasteiger partial charge in [-0.1, -0.05) is 24.6 Å². The van der Waals surface area contributed by atoms with E-state index in [2.05, 4.69) is 10.0 Å². The predicted octanol–water partition coefficient (Wildman–Crippen LogP) is 3.62. The summed E-state index contributed by atoms with van der Waals surface area (Å²) in [6.45, 7) is 5.41. The molecule has 0 aliphatic heterocycles. The lowest BCUT2D eigenvalue weighted by atomic mass is 10.2. The molecule has 0 saturated carbocycles. The van der Waals surface area contributed by atoms with Gasteiger partial charge in [0.1, 0.15) is 4.21 Å². The van der Waals surface area contributed by atoms with E-state index < -0.39 is 10.0 Å². The van der Waals surface area contributed by atoms with Crippen LogP contribution in [0.25, 0.3) is 0 Å². The summed E-state index contributed by atoms with van der Waals surface area (Å²) in [5, 5.41) is 5.40. The summed E-state index contributed by atoms with van der Waals surface area (Å²) >= 11 is 7.26. The van der Waals surface area contributed by atoms with Crippen LogP contribution < -0.4 is 10.0 Å². The summed E-state index contributed by atoms with van der Waals surface area (Å²) in [4.78, 5) is 0. The SMILES string of the molecule is CCNCc1csc(S(=O)(=O)Nc2ccc(C)cc2Cl)c1. The Balaban J connectivity index is 2.19. The molecule has 1 aromatic carbocycles. The van der Waals surface area contributed by atoms with Crippen LogP contribution in [0.1, 0.15) is 18.1 Å².